The molecular weight excluding hydrogens is 266 g/mol. The van der Waals surface area contributed by atoms with Crippen molar-refractivity contribution in [3.63, 3.8) is 0 Å². The number of carboxylic acids is 1. The zero-order chi connectivity index (χ0) is 14.8. The maximum atomic E-state index is 11.1. The molecule has 0 saturated carbocycles. The number of carboxylic acid groups (broad SMARTS) is 1. The SMILES string of the molecule is O=C(O)c1ccc2c(c1)CN(Cc1ccc(O)cc1)CC2. The molecule has 1 aliphatic rings. The first kappa shape index (κ1) is 13.6. The summed E-state index contributed by atoms with van der Waals surface area (Å²) in [5, 5.41) is 18.4. The van der Waals surface area contributed by atoms with Crippen LogP contribution in [0.4, 0.5) is 0 Å². The lowest BCUT2D eigenvalue weighted by Gasteiger charge is -2.29. The van der Waals surface area contributed by atoms with Gasteiger partial charge in [-0.2, -0.15) is 0 Å². The Balaban J connectivity index is 1.75. The van der Waals surface area contributed by atoms with Crippen molar-refractivity contribution in [1.29, 1.82) is 0 Å². The van der Waals surface area contributed by atoms with Gasteiger partial charge in [-0.05, 0) is 47.4 Å². The molecule has 2 aromatic carbocycles. The summed E-state index contributed by atoms with van der Waals surface area (Å²) in [5.74, 6) is -0.609. The van der Waals surface area contributed by atoms with E-state index in [9.17, 15) is 9.90 Å². The zero-order valence-corrected chi connectivity index (χ0v) is 11.6. The second-order valence-electron chi connectivity index (χ2n) is 5.42. The highest BCUT2D eigenvalue weighted by Crippen LogP contribution is 2.22. The van der Waals surface area contributed by atoms with Crippen molar-refractivity contribution in [2.24, 2.45) is 0 Å². The van der Waals surface area contributed by atoms with Gasteiger partial charge in [0.05, 0.1) is 5.56 Å². The van der Waals surface area contributed by atoms with Crippen LogP contribution < -0.4 is 0 Å². The Morgan fingerprint density at radius 2 is 1.86 bits per heavy atom. The van der Waals surface area contributed by atoms with Gasteiger partial charge in [0.1, 0.15) is 5.75 Å². The molecule has 2 aromatic rings. The van der Waals surface area contributed by atoms with E-state index in [4.69, 9.17) is 5.11 Å². The van der Waals surface area contributed by atoms with Crippen molar-refractivity contribution < 1.29 is 15.0 Å². The molecule has 0 radical (unpaired) electrons. The molecule has 21 heavy (non-hydrogen) atoms. The van der Waals surface area contributed by atoms with Crippen LogP contribution in [0.3, 0.4) is 0 Å². The third-order valence-electron chi connectivity index (χ3n) is 3.89. The maximum absolute atomic E-state index is 11.1. The molecule has 0 fully saturated rings. The van der Waals surface area contributed by atoms with Gasteiger partial charge in [-0.1, -0.05) is 18.2 Å². The minimum absolute atomic E-state index is 0.272. The molecule has 0 aliphatic carbocycles. The summed E-state index contributed by atoms with van der Waals surface area (Å²) in [4.78, 5) is 13.3. The number of rotatable bonds is 3. The predicted molar refractivity (Wildman–Crippen MR) is 79.3 cm³/mol. The minimum atomic E-state index is -0.881. The number of hydrogen-bond donors (Lipinski definition) is 2. The summed E-state index contributed by atoms with van der Waals surface area (Å²) in [6, 6.07) is 12.6. The average Bonchev–Trinajstić information content (AvgIpc) is 2.49. The van der Waals surface area contributed by atoms with Crippen LogP contribution in [0.2, 0.25) is 0 Å². The van der Waals surface area contributed by atoms with E-state index in [0.29, 0.717) is 5.56 Å². The van der Waals surface area contributed by atoms with Crippen molar-refractivity contribution in [3.8, 4) is 5.75 Å². The van der Waals surface area contributed by atoms with E-state index >= 15 is 0 Å². The molecule has 4 heteroatoms. The Kier molecular flexibility index (Phi) is 3.62. The van der Waals surface area contributed by atoms with Crippen LogP contribution in [0.5, 0.6) is 5.75 Å². The standard InChI is InChI=1S/C17H17NO3/c19-16-5-1-12(2-6-16)10-18-8-7-13-3-4-14(17(20)21)9-15(13)11-18/h1-6,9,19H,7-8,10-11H2,(H,20,21). The van der Waals surface area contributed by atoms with Crippen LogP contribution in [0.1, 0.15) is 27.0 Å². The van der Waals surface area contributed by atoms with Crippen molar-refractivity contribution in [1.82, 2.24) is 4.90 Å². The maximum Gasteiger partial charge on any atom is 0.335 e. The summed E-state index contributed by atoms with van der Waals surface area (Å²) in [5.41, 5.74) is 3.83. The van der Waals surface area contributed by atoms with Gasteiger partial charge in [-0.15, -0.1) is 0 Å². The van der Waals surface area contributed by atoms with Crippen LogP contribution in [0.25, 0.3) is 0 Å². The molecule has 0 amide bonds. The monoisotopic (exact) mass is 283 g/mol. The molecule has 0 aromatic heterocycles. The number of aromatic carboxylic acids is 1. The molecule has 108 valence electrons. The molecule has 0 saturated heterocycles. The Morgan fingerprint density at radius 3 is 2.57 bits per heavy atom. The van der Waals surface area contributed by atoms with Gasteiger partial charge < -0.3 is 10.2 Å². The lowest BCUT2D eigenvalue weighted by Crippen LogP contribution is -2.30. The van der Waals surface area contributed by atoms with Gasteiger partial charge in [-0.25, -0.2) is 4.79 Å². The average molecular weight is 283 g/mol. The molecule has 0 unspecified atom stereocenters. The van der Waals surface area contributed by atoms with E-state index in [2.05, 4.69) is 4.90 Å². The fourth-order valence-corrected chi connectivity index (χ4v) is 2.74. The molecule has 1 heterocycles. The van der Waals surface area contributed by atoms with Crippen LogP contribution >= 0.6 is 0 Å². The highest BCUT2D eigenvalue weighted by Gasteiger charge is 2.17. The lowest BCUT2D eigenvalue weighted by molar-refractivity contribution is 0.0696. The second-order valence-corrected chi connectivity index (χ2v) is 5.42. The number of fused-ring (bicyclic) bond motifs is 1. The van der Waals surface area contributed by atoms with Gasteiger partial charge in [-0.3, -0.25) is 4.90 Å². The minimum Gasteiger partial charge on any atom is -0.508 e. The lowest BCUT2D eigenvalue weighted by atomic mass is 9.97. The van der Waals surface area contributed by atoms with E-state index in [0.717, 1.165) is 37.2 Å². The summed E-state index contributed by atoms with van der Waals surface area (Å²) < 4.78 is 0. The molecule has 2 N–H and O–H groups in total. The number of nitrogens with zero attached hydrogens (tertiary/aromatic N) is 1. The van der Waals surface area contributed by atoms with Crippen molar-refractivity contribution in [2.45, 2.75) is 19.5 Å². The number of carbonyl (C=O) groups is 1. The molecule has 3 rings (SSSR count). The quantitative estimate of drug-likeness (QED) is 0.909. The second kappa shape index (κ2) is 5.58. The van der Waals surface area contributed by atoms with Gasteiger partial charge in [0.15, 0.2) is 0 Å². The first-order chi connectivity index (χ1) is 10.1. The van der Waals surface area contributed by atoms with Crippen LogP contribution in [-0.4, -0.2) is 27.6 Å². The molecule has 0 spiro atoms. The zero-order valence-electron chi connectivity index (χ0n) is 11.6. The number of benzene rings is 2. The van der Waals surface area contributed by atoms with Crippen LogP contribution in [0.15, 0.2) is 42.5 Å². The predicted octanol–water partition coefficient (Wildman–Crippen LogP) is 2.65. The van der Waals surface area contributed by atoms with E-state index in [1.165, 1.54) is 5.56 Å². The summed E-state index contributed by atoms with van der Waals surface area (Å²) in [6.45, 7) is 2.52. The van der Waals surface area contributed by atoms with Crippen molar-refractivity contribution >= 4 is 5.97 Å². The Labute approximate surface area is 123 Å². The van der Waals surface area contributed by atoms with Gasteiger partial charge in [0.2, 0.25) is 0 Å². The van der Waals surface area contributed by atoms with Crippen LogP contribution in [0, 0.1) is 0 Å². The summed E-state index contributed by atoms with van der Waals surface area (Å²) >= 11 is 0. The largest absolute Gasteiger partial charge is 0.508 e. The first-order valence-electron chi connectivity index (χ1n) is 6.97. The topological polar surface area (TPSA) is 60.8 Å². The molecule has 4 nitrogen and oxygen atoms in total. The first-order valence-corrected chi connectivity index (χ1v) is 6.97. The number of aromatic hydroxyl groups is 1. The van der Waals surface area contributed by atoms with Gasteiger partial charge >= 0.3 is 5.97 Å². The third kappa shape index (κ3) is 3.06. The van der Waals surface area contributed by atoms with E-state index in [1.807, 2.05) is 18.2 Å². The highest BCUT2D eigenvalue weighted by molar-refractivity contribution is 5.87. The number of hydrogen-bond acceptors (Lipinski definition) is 3. The molecular formula is C17H17NO3. The molecule has 0 atom stereocenters. The summed E-state index contributed by atoms with van der Waals surface area (Å²) in [7, 11) is 0. The molecule has 0 bridgehead atoms. The van der Waals surface area contributed by atoms with E-state index < -0.39 is 5.97 Å². The third-order valence-corrected chi connectivity index (χ3v) is 3.89. The van der Waals surface area contributed by atoms with E-state index in [1.54, 1.807) is 24.3 Å². The summed E-state index contributed by atoms with van der Waals surface area (Å²) in [6.07, 6.45) is 0.938. The highest BCUT2D eigenvalue weighted by atomic mass is 16.4. The molecule has 1 aliphatic heterocycles. The number of phenolic OH excluding ortho intramolecular Hbond substituents is 1. The Hall–Kier alpha value is -2.33. The fourth-order valence-electron chi connectivity index (χ4n) is 2.74. The van der Waals surface area contributed by atoms with Crippen molar-refractivity contribution in [3.05, 3.63) is 64.7 Å². The van der Waals surface area contributed by atoms with E-state index in [-0.39, 0.29) is 5.75 Å². The smallest absolute Gasteiger partial charge is 0.335 e. The van der Waals surface area contributed by atoms with Crippen molar-refractivity contribution in [2.75, 3.05) is 6.54 Å². The Morgan fingerprint density at radius 1 is 1.10 bits per heavy atom. The van der Waals surface area contributed by atoms with Crippen LogP contribution in [-0.2, 0) is 19.5 Å². The fraction of sp³-hybridized carbons (Fsp3) is 0.235. The van der Waals surface area contributed by atoms with Gasteiger partial charge in [0.25, 0.3) is 0 Å². The Bertz CT molecular complexity index is 664. The number of phenols is 1. The van der Waals surface area contributed by atoms with Gasteiger partial charge in [0, 0.05) is 19.6 Å². The normalized spacial score (nSPS) is 14.7.